The molecule has 3 nitrogen and oxygen atoms in total. The standard InChI is InChI=1S/C12H18BrNO2/c1-7(2)8-4-9(10(15)6-14)12(13)11(5-8)16-3/h4-5,7,10,15H,6,14H2,1-3H3. The van der Waals surface area contributed by atoms with Crippen LogP contribution in [0.25, 0.3) is 0 Å². The summed E-state index contributed by atoms with van der Waals surface area (Å²) < 4.78 is 6.05. The average molecular weight is 288 g/mol. The molecular weight excluding hydrogens is 270 g/mol. The van der Waals surface area contributed by atoms with Gasteiger partial charge in [0.15, 0.2) is 0 Å². The van der Waals surface area contributed by atoms with Gasteiger partial charge >= 0.3 is 0 Å². The topological polar surface area (TPSA) is 55.5 Å². The second kappa shape index (κ2) is 5.66. The van der Waals surface area contributed by atoms with E-state index in [1.165, 1.54) is 0 Å². The Morgan fingerprint density at radius 2 is 2.06 bits per heavy atom. The lowest BCUT2D eigenvalue weighted by Gasteiger charge is -2.17. The summed E-state index contributed by atoms with van der Waals surface area (Å²) in [6.07, 6.45) is -0.665. The number of halogens is 1. The number of benzene rings is 1. The first-order valence-electron chi connectivity index (χ1n) is 5.26. The molecule has 0 bridgehead atoms. The molecule has 1 aromatic carbocycles. The zero-order valence-electron chi connectivity index (χ0n) is 9.83. The van der Waals surface area contributed by atoms with E-state index in [-0.39, 0.29) is 6.54 Å². The lowest BCUT2D eigenvalue weighted by atomic mass is 9.98. The van der Waals surface area contributed by atoms with Crippen LogP contribution in [0.1, 0.15) is 37.0 Å². The maximum absolute atomic E-state index is 9.83. The van der Waals surface area contributed by atoms with Crippen molar-refractivity contribution < 1.29 is 9.84 Å². The summed E-state index contributed by atoms with van der Waals surface area (Å²) in [5.41, 5.74) is 7.39. The highest BCUT2D eigenvalue weighted by Gasteiger charge is 2.16. The van der Waals surface area contributed by atoms with E-state index in [9.17, 15) is 5.11 Å². The minimum Gasteiger partial charge on any atom is -0.496 e. The van der Waals surface area contributed by atoms with Gasteiger partial charge in [-0.2, -0.15) is 0 Å². The number of rotatable bonds is 4. The first-order chi connectivity index (χ1) is 7.51. The largest absolute Gasteiger partial charge is 0.496 e. The summed E-state index contributed by atoms with van der Waals surface area (Å²) in [6.45, 7) is 4.39. The summed E-state index contributed by atoms with van der Waals surface area (Å²) in [5.74, 6) is 1.11. The molecule has 0 radical (unpaired) electrons. The van der Waals surface area contributed by atoms with Gasteiger partial charge in [-0.05, 0) is 39.0 Å². The van der Waals surface area contributed by atoms with Gasteiger partial charge in [-0.25, -0.2) is 0 Å². The van der Waals surface area contributed by atoms with Crippen LogP contribution in [0.5, 0.6) is 5.75 Å². The Morgan fingerprint density at radius 1 is 1.44 bits per heavy atom. The molecule has 0 saturated heterocycles. The van der Waals surface area contributed by atoms with Crippen LogP contribution in [0.4, 0.5) is 0 Å². The fourth-order valence-corrected chi connectivity index (χ4v) is 2.15. The highest BCUT2D eigenvalue weighted by molar-refractivity contribution is 9.10. The highest BCUT2D eigenvalue weighted by atomic mass is 79.9. The quantitative estimate of drug-likeness (QED) is 0.895. The highest BCUT2D eigenvalue weighted by Crippen LogP contribution is 2.35. The van der Waals surface area contributed by atoms with Crippen molar-refractivity contribution in [1.29, 1.82) is 0 Å². The van der Waals surface area contributed by atoms with Gasteiger partial charge in [-0.15, -0.1) is 0 Å². The third-order valence-electron chi connectivity index (χ3n) is 2.56. The first-order valence-corrected chi connectivity index (χ1v) is 6.06. The number of aliphatic hydroxyl groups is 1. The molecule has 0 aliphatic rings. The lowest BCUT2D eigenvalue weighted by Crippen LogP contribution is -2.13. The molecule has 0 spiro atoms. The molecule has 3 N–H and O–H groups in total. The first kappa shape index (κ1) is 13.5. The lowest BCUT2D eigenvalue weighted by molar-refractivity contribution is 0.185. The molecule has 1 unspecified atom stereocenters. The normalized spacial score (nSPS) is 12.9. The summed E-state index contributed by atoms with van der Waals surface area (Å²) in [6, 6.07) is 3.94. The third kappa shape index (κ3) is 2.75. The van der Waals surface area contributed by atoms with Gasteiger partial charge in [0, 0.05) is 6.54 Å². The molecule has 0 amide bonds. The van der Waals surface area contributed by atoms with E-state index in [0.29, 0.717) is 5.92 Å². The van der Waals surface area contributed by atoms with Crippen molar-refractivity contribution in [3.63, 3.8) is 0 Å². The van der Waals surface area contributed by atoms with Gasteiger partial charge in [0.25, 0.3) is 0 Å². The van der Waals surface area contributed by atoms with Gasteiger partial charge in [-0.1, -0.05) is 19.9 Å². The SMILES string of the molecule is COc1cc(C(C)C)cc(C(O)CN)c1Br. The summed E-state index contributed by atoms with van der Waals surface area (Å²) in [7, 11) is 1.61. The van der Waals surface area contributed by atoms with Crippen molar-refractivity contribution in [1.82, 2.24) is 0 Å². The molecular formula is C12H18BrNO2. The van der Waals surface area contributed by atoms with E-state index in [4.69, 9.17) is 10.5 Å². The monoisotopic (exact) mass is 287 g/mol. The number of hydrogen-bond donors (Lipinski definition) is 2. The Balaban J connectivity index is 3.29. The van der Waals surface area contributed by atoms with Crippen LogP contribution >= 0.6 is 15.9 Å². The number of methoxy groups -OCH3 is 1. The summed E-state index contributed by atoms with van der Waals surface area (Å²) in [4.78, 5) is 0. The Hall–Kier alpha value is -0.580. The zero-order chi connectivity index (χ0) is 12.3. The van der Waals surface area contributed by atoms with Gasteiger partial charge in [-0.3, -0.25) is 0 Å². The second-order valence-corrected chi connectivity index (χ2v) is 4.83. The molecule has 0 aliphatic carbocycles. The Bertz CT molecular complexity index is 366. The maximum Gasteiger partial charge on any atom is 0.133 e. The fraction of sp³-hybridized carbons (Fsp3) is 0.500. The summed E-state index contributed by atoms with van der Waals surface area (Å²) in [5, 5.41) is 9.83. The zero-order valence-corrected chi connectivity index (χ0v) is 11.4. The predicted molar refractivity (Wildman–Crippen MR) is 68.8 cm³/mol. The van der Waals surface area contributed by atoms with Gasteiger partial charge < -0.3 is 15.6 Å². The summed E-state index contributed by atoms with van der Waals surface area (Å²) >= 11 is 3.43. The second-order valence-electron chi connectivity index (χ2n) is 4.03. The van der Waals surface area contributed by atoms with Crippen molar-refractivity contribution in [2.24, 2.45) is 5.73 Å². The molecule has 0 fully saturated rings. The van der Waals surface area contributed by atoms with Gasteiger partial charge in [0.2, 0.25) is 0 Å². The van der Waals surface area contributed by atoms with Crippen molar-refractivity contribution in [3.8, 4) is 5.75 Å². The molecule has 1 atom stereocenters. The molecule has 0 saturated carbocycles. The molecule has 4 heteroatoms. The van der Waals surface area contributed by atoms with E-state index in [1.54, 1.807) is 7.11 Å². The van der Waals surface area contributed by atoms with Crippen LogP contribution in [0.2, 0.25) is 0 Å². The molecule has 0 aromatic heterocycles. The fourth-order valence-electron chi connectivity index (χ4n) is 1.49. The molecule has 0 heterocycles. The molecule has 0 aliphatic heterocycles. The van der Waals surface area contributed by atoms with E-state index in [0.717, 1.165) is 21.3 Å². The van der Waals surface area contributed by atoms with Crippen LogP contribution in [0.15, 0.2) is 16.6 Å². The Labute approximate surface area is 105 Å². The van der Waals surface area contributed by atoms with E-state index in [1.807, 2.05) is 12.1 Å². The van der Waals surface area contributed by atoms with Crippen LogP contribution in [0.3, 0.4) is 0 Å². The van der Waals surface area contributed by atoms with Crippen LogP contribution < -0.4 is 10.5 Å². The van der Waals surface area contributed by atoms with Crippen LogP contribution in [0, 0.1) is 0 Å². The number of nitrogens with two attached hydrogens (primary N) is 1. The number of aliphatic hydroxyl groups excluding tert-OH is 1. The molecule has 90 valence electrons. The Morgan fingerprint density at radius 3 is 2.50 bits per heavy atom. The van der Waals surface area contributed by atoms with Crippen molar-refractivity contribution in [3.05, 3.63) is 27.7 Å². The van der Waals surface area contributed by atoms with Crippen LogP contribution in [-0.4, -0.2) is 18.8 Å². The van der Waals surface area contributed by atoms with Gasteiger partial charge in [0.1, 0.15) is 5.75 Å². The van der Waals surface area contributed by atoms with Crippen molar-refractivity contribution in [2.75, 3.05) is 13.7 Å². The van der Waals surface area contributed by atoms with E-state index in [2.05, 4.69) is 29.8 Å². The van der Waals surface area contributed by atoms with E-state index >= 15 is 0 Å². The van der Waals surface area contributed by atoms with Crippen LogP contribution in [-0.2, 0) is 0 Å². The smallest absolute Gasteiger partial charge is 0.133 e. The molecule has 16 heavy (non-hydrogen) atoms. The minimum atomic E-state index is -0.665. The molecule has 1 rings (SSSR count). The number of hydrogen-bond acceptors (Lipinski definition) is 3. The van der Waals surface area contributed by atoms with Gasteiger partial charge in [0.05, 0.1) is 17.7 Å². The maximum atomic E-state index is 9.83. The third-order valence-corrected chi connectivity index (χ3v) is 3.41. The molecule has 1 aromatic rings. The van der Waals surface area contributed by atoms with Crippen molar-refractivity contribution >= 4 is 15.9 Å². The Kier molecular flexibility index (Phi) is 4.77. The van der Waals surface area contributed by atoms with E-state index < -0.39 is 6.10 Å². The number of ether oxygens (including phenoxy) is 1. The minimum absolute atomic E-state index is 0.198. The van der Waals surface area contributed by atoms with Crippen molar-refractivity contribution in [2.45, 2.75) is 25.9 Å². The average Bonchev–Trinajstić information content (AvgIpc) is 2.28. The predicted octanol–water partition coefficient (Wildman–Crippen LogP) is 2.57.